The first-order valence-electron chi connectivity index (χ1n) is 9.06. The molecule has 0 bridgehead atoms. The van der Waals surface area contributed by atoms with E-state index in [9.17, 15) is 4.21 Å². The summed E-state index contributed by atoms with van der Waals surface area (Å²) in [6.07, 6.45) is 5.22. The van der Waals surface area contributed by atoms with Crippen molar-refractivity contribution in [2.75, 3.05) is 11.4 Å². The van der Waals surface area contributed by atoms with Gasteiger partial charge in [-0.2, -0.15) is 0 Å². The monoisotopic (exact) mass is 390 g/mol. The molecule has 0 aliphatic carbocycles. The summed E-state index contributed by atoms with van der Waals surface area (Å²) >= 11 is 0. The zero-order valence-electron chi connectivity index (χ0n) is 15.6. The number of nitrogens with zero attached hydrogens (tertiary/aromatic N) is 4. The molecule has 142 valence electrons. The second-order valence-corrected chi connectivity index (χ2v) is 9.21. The molecule has 0 saturated carbocycles. The molecule has 6 heteroatoms. The van der Waals surface area contributed by atoms with Gasteiger partial charge in [0.05, 0.1) is 0 Å². The van der Waals surface area contributed by atoms with Crippen LogP contribution >= 0.6 is 0 Å². The number of rotatable bonds is 6. The number of aromatic nitrogens is 3. The summed E-state index contributed by atoms with van der Waals surface area (Å²) in [5, 5.41) is 0.515. The van der Waals surface area contributed by atoms with Gasteiger partial charge in [0, 0.05) is 47.2 Å². The van der Waals surface area contributed by atoms with Crippen LogP contribution in [0.3, 0.4) is 0 Å². The van der Waals surface area contributed by atoms with Crippen LogP contribution < -0.4 is 4.31 Å². The zero-order chi connectivity index (χ0) is 19.4. The van der Waals surface area contributed by atoms with Crippen LogP contribution in [0.15, 0.2) is 103 Å². The molecule has 2 aromatic heterocycles. The molecule has 0 fully saturated rings. The second-order valence-electron chi connectivity index (χ2n) is 6.49. The molecule has 0 amide bonds. The number of hydrogen-bond donors (Lipinski definition) is 1. The van der Waals surface area contributed by atoms with Crippen molar-refractivity contribution < 1.29 is 4.21 Å². The number of para-hydroxylation sites is 1. The van der Waals surface area contributed by atoms with E-state index in [1.54, 1.807) is 12.4 Å². The van der Waals surface area contributed by atoms with Gasteiger partial charge in [-0.1, -0.05) is 54.6 Å². The van der Waals surface area contributed by atoms with E-state index in [0.29, 0.717) is 16.7 Å². The van der Waals surface area contributed by atoms with Gasteiger partial charge in [0.1, 0.15) is 5.82 Å². The van der Waals surface area contributed by atoms with E-state index in [4.69, 9.17) is 0 Å². The van der Waals surface area contributed by atoms with Gasteiger partial charge in [0.15, 0.2) is 5.16 Å². The Morgan fingerprint density at radius 2 is 1.54 bits per heavy atom. The summed E-state index contributed by atoms with van der Waals surface area (Å²) in [6.45, 7) is 0. The fourth-order valence-corrected chi connectivity index (χ4v) is 5.79. The van der Waals surface area contributed by atoms with Gasteiger partial charge in [-0.25, -0.2) is 9.97 Å². The highest BCUT2D eigenvalue weighted by atomic mass is 32.3. The van der Waals surface area contributed by atoms with Crippen LogP contribution in [-0.4, -0.2) is 25.8 Å². The number of thiol groups is 1. The van der Waals surface area contributed by atoms with Crippen LogP contribution in [0.2, 0.25) is 0 Å². The second kappa shape index (κ2) is 7.78. The summed E-state index contributed by atoms with van der Waals surface area (Å²) < 4.78 is 18.2. The largest absolute Gasteiger partial charge is 0.310 e. The Morgan fingerprint density at radius 3 is 2.21 bits per heavy atom. The van der Waals surface area contributed by atoms with Gasteiger partial charge in [0.25, 0.3) is 0 Å². The van der Waals surface area contributed by atoms with Crippen LogP contribution in [0.4, 0.5) is 5.69 Å². The Bertz CT molecular complexity index is 1080. The highest BCUT2D eigenvalue weighted by Crippen LogP contribution is 2.31. The third kappa shape index (κ3) is 3.46. The molecule has 0 aliphatic rings. The Balaban J connectivity index is 1.85. The number of benzene rings is 2. The van der Waals surface area contributed by atoms with Crippen molar-refractivity contribution in [3.63, 3.8) is 0 Å². The lowest BCUT2D eigenvalue weighted by molar-refractivity contribution is 0.654. The van der Waals surface area contributed by atoms with E-state index in [-0.39, 0.29) is 0 Å². The van der Waals surface area contributed by atoms with Crippen molar-refractivity contribution in [2.24, 2.45) is 0 Å². The first-order valence-corrected chi connectivity index (χ1v) is 10.9. The molecule has 2 heterocycles. The minimum absolute atomic E-state index is 0.378. The van der Waals surface area contributed by atoms with Gasteiger partial charge < -0.3 is 4.31 Å². The van der Waals surface area contributed by atoms with Crippen molar-refractivity contribution in [3.05, 3.63) is 103 Å². The van der Waals surface area contributed by atoms with Crippen molar-refractivity contribution in [1.82, 2.24) is 14.5 Å². The average molecular weight is 391 g/mol. The van der Waals surface area contributed by atoms with Crippen LogP contribution in [0.25, 0.3) is 5.82 Å². The summed E-state index contributed by atoms with van der Waals surface area (Å²) in [5.74, 6) is 1.08. The van der Waals surface area contributed by atoms with Crippen LogP contribution in [0.5, 0.6) is 0 Å². The summed E-state index contributed by atoms with van der Waals surface area (Å²) in [7, 11) is -1.25. The number of imidazole rings is 1. The van der Waals surface area contributed by atoms with E-state index in [1.165, 1.54) is 0 Å². The maximum atomic E-state index is 14.6. The Morgan fingerprint density at radius 1 is 0.857 bits per heavy atom. The standard InChI is InChI=1S/C22H22N4OS/c1-25(20-12-6-3-7-13-20)28(27,18-19-10-4-2-5-11-19)22-24-16-17-26(22)21-14-8-9-15-23-21/h2-17,28H,18H2,1H3. The number of anilines is 1. The van der Waals surface area contributed by atoms with Gasteiger partial charge in [-0.05, 0) is 29.8 Å². The molecule has 4 aromatic rings. The lowest BCUT2D eigenvalue weighted by Gasteiger charge is -2.35. The lowest BCUT2D eigenvalue weighted by atomic mass is 10.2. The van der Waals surface area contributed by atoms with E-state index >= 15 is 0 Å². The van der Waals surface area contributed by atoms with Gasteiger partial charge >= 0.3 is 0 Å². The van der Waals surface area contributed by atoms with Crippen molar-refractivity contribution in [1.29, 1.82) is 0 Å². The molecule has 2 aromatic carbocycles. The van der Waals surface area contributed by atoms with Crippen molar-refractivity contribution >= 4 is 15.8 Å². The highest BCUT2D eigenvalue weighted by molar-refractivity contribution is 8.03. The fourth-order valence-electron chi connectivity index (χ4n) is 3.20. The molecule has 0 radical (unpaired) electrons. The molecule has 0 spiro atoms. The zero-order valence-corrected chi connectivity index (χ0v) is 16.5. The normalized spacial score (nSPS) is 11.9. The Kier molecular flexibility index (Phi) is 5.04. The van der Waals surface area contributed by atoms with Crippen molar-refractivity contribution in [3.8, 4) is 5.82 Å². The predicted molar refractivity (Wildman–Crippen MR) is 114 cm³/mol. The SMILES string of the molecule is CN(c1ccccc1)[SH](=O)(Cc1ccccc1)c1nccn1-c1ccccn1. The summed E-state index contributed by atoms with van der Waals surface area (Å²) in [5.41, 5.74) is 1.89. The third-order valence-electron chi connectivity index (χ3n) is 4.68. The highest BCUT2D eigenvalue weighted by Gasteiger charge is 2.29. The molecule has 5 nitrogen and oxygen atoms in total. The minimum Gasteiger partial charge on any atom is -0.310 e. The molecule has 4 rings (SSSR count). The average Bonchev–Trinajstić information content (AvgIpc) is 3.26. The lowest BCUT2D eigenvalue weighted by Crippen LogP contribution is -2.37. The predicted octanol–water partition coefficient (Wildman–Crippen LogP) is 3.89. The van der Waals surface area contributed by atoms with Gasteiger partial charge in [0.2, 0.25) is 0 Å². The third-order valence-corrected chi connectivity index (χ3v) is 7.63. The van der Waals surface area contributed by atoms with Crippen LogP contribution in [0.1, 0.15) is 5.56 Å². The van der Waals surface area contributed by atoms with E-state index < -0.39 is 10.1 Å². The molecule has 0 aliphatic heterocycles. The first-order chi connectivity index (χ1) is 13.7. The molecule has 28 heavy (non-hydrogen) atoms. The van der Waals surface area contributed by atoms with Crippen LogP contribution in [-0.2, 0) is 15.9 Å². The number of hydrogen-bond acceptors (Lipinski definition) is 3. The van der Waals surface area contributed by atoms with E-state index in [1.807, 2.05) is 101 Å². The van der Waals surface area contributed by atoms with Crippen molar-refractivity contribution in [2.45, 2.75) is 10.9 Å². The Labute approximate surface area is 165 Å². The maximum absolute atomic E-state index is 14.6. The summed E-state index contributed by atoms with van der Waals surface area (Å²) in [6, 6.07) is 25.3. The number of pyridine rings is 1. The molecule has 0 atom stereocenters. The maximum Gasteiger partial charge on any atom is 0.197 e. The fraction of sp³-hybridized carbons (Fsp3) is 0.0909. The summed E-state index contributed by atoms with van der Waals surface area (Å²) in [4.78, 5) is 8.94. The topological polar surface area (TPSA) is 51.0 Å². The van der Waals surface area contributed by atoms with Gasteiger partial charge in [-0.3, -0.25) is 8.78 Å². The minimum atomic E-state index is -3.12. The molecule has 0 unspecified atom stereocenters. The Hall–Kier alpha value is -3.25. The quantitative estimate of drug-likeness (QED) is 0.508. The smallest absolute Gasteiger partial charge is 0.197 e. The molecular weight excluding hydrogens is 368 g/mol. The van der Waals surface area contributed by atoms with Crippen LogP contribution in [0, 0.1) is 0 Å². The molecular formula is C22H22N4OS. The molecule has 0 N–H and O–H groups in total. The van der Waals surface area contributed by atoms with Gasteiger partial charge in [-0.15, -0.1) is 0 Å². The van der Waals surface area contributed by atoms with E-state index in [2.05, 4.69) is 9.97 Å². The van der Waals surface area contributed by atoms with E-state index in [0.717, 1.165) is 11.3 Å². The first kappa shape index (κ1) is 18.1. The molecule has 0 saturated heterocycles.